The number of hydrogen-bond donors (Lipinski definition) is 1. The molecule has 0 amide bonds. The number of benzene rings is 1. The largest absolute Gasteiger partial charge is 0.459 e. The van der Waals surface area contributed by atoms with Crippen molar-refractivity contribution in [1.82, 2.24) is 0 Å². The van der Waals surface area contributed by atoms with Gasteiger partial charge in [0.1, 0.15) is 11.3 Å². The van der Waals surface area contributed by atoms with Gasteiger partial charge in [-0.2, -0.15) is 0 Å². The number of nitrogens with two attached hydrogens (primary N) is 1. The van der Waals surface area contributed by atoms with Gasteiger partial charge in [-0.25, -0.2) is 0 Å². The van der Waals surface area contributed by atoms with Crippen LogP contribution in [0.5, 0.6) is 0 Å². The molecule has 0 saturated heterocycles. The minimum Gasteiger partial charge on any atom is -0.459 e. The first-order valence-electron chi connectivity index (χ1n) is 6.94. The van der Waals surface area contributed by atoms with E-state index in [1.54, 1.807) is 0 Å². The summed E-state index contributed by atoms with van der Waals surface area (Å²) < 4.78 is 5.83. The van der Waals surface area contributed by atoms with Crippen LogP contribution in [0.1, 0.15) is 63.3 Å². The fourth-order valence-electron chi connectivity index (χ4n) is 2.26. The zero-order valence-corrected chi connectivity index (χ0v) is 11.6. The van der Waals surface area contributed by atoms with Crippen LogP contribution < -0.4 is 5.73 Å². The number of hydrogen-bond acceptors (Lipinski definition) is 2. The van der Waals surface area contributed by atoms with Gasteiger partial charge in [0.2, 0.25) is 0 Å². The second-order valence-corrected chi connectivity index (χ2v) is 5.15. The summed E-state index contributed by atoms with van der Waals surface area (Å²) in [4.78, 5) is 0. The van der Waals surface area contributed by atoms with E-state index in [1.807, 2.05) is 0 Å². The third-order valence-electron chi connectivity index (χ3n) is 3.71. The number of fused-ring (bicyclic) bond motifs is 1. The van der Waals surface area contributed by atoms with Crippen LogP contribution in [0.3, 0.4) is 0 Å². The molecular formula is C16H23NO. The van der Waals surface area contributed by atoms with E-state index in [1.165, 1.54) is 10.9 Å². The van der Waals surface area contributed by atoms with Crippen molar-refractivity contribution in [3.63, 3.8) is 0 Å². The van der Waals surface area contributed by atoms with E-state index in [2.05, 4.69) is 45.0 Å². The smallest absolute Gasteiger partial charge is 0.134 e. The molecule has 0 saturated carbocycles. The Morgan fingerprint density at radius 2 is 2.00 bits per heavy atom. The summed E-state index contributed by atoms with van der Waals surface area (Å²) in [6, 6.07) is 8.58. The second kappa shape index (κ2) is 5.57. The highest BCUT2D eigenvalue weighted by Gasteiger charge is 2.12. The Hall–Kier alpha value is -1.28. The van der Waals surface area contributed by atoms with Gasteiger partial charge in [-0.05, 0) is 42.5 Å². The van der Waals surface area contributed by atoms with Crippen LogP contribution in [0.2, 0.25) is 0 Å². The molecule has 2 N–H and O–H groups in total. The Balaban J connectivity index is 2.33. The van der Waals surface area contributed by atoms with Crippen LogP contribution in [0.4, 0.5) is 0 Å². The van der Waals surface area contributed by atoms with Crippen molar-refractivity contribution in [1.29, 1.82) is 0 Å². The van der Waals surface area contributed by atoms with Gasteiger partial charge in [0, 0.05) is 5.39 Å². The van der Waals surface area contributed by atoms with Crippen LogP contribution in [0.25, 0.3) is 11.0 Å². The molecule has 0 spiro atoms. The summed E-state index contributed by atoms with van der Waals surface area (Å²) in [5.41, 5.74) is 8.42. The lowest BCUT2D eigenvalue weighted by atomic mass is 9.97. The Labute approximate surface area is 109 Å². The fourth-order valence-corrected chi connectivity index (χ4v) is 2.26. The van der Waals surface area contributed by atoms with E-state index in [4.69, 9.17) is 10.2 Å². The van der Waals surface area contributed by atoms with E-state index in [0.717, 1.165) is 30.6 Å². The van der Waals surface area contributed by atoms with E-state index >= 15 is 0 Å². The van der Waals surface area contributed by atoms with Crippen LogP contribution in [0, 0.1) is 0 Å². The SMILES string of the molecule is CCCC(N)c1cc2cc(C(C)CC)ccc2o1. The van der Waals surface area contributed by atoms with Crippen LogP contribution in [-0.4, -0.2) is 0 Å². The van der Waals surface area contributed by atoms with E-state index in [9.17, 15) is 0 Å². The van der Waals surface area contributed by atoms with E-state index in [0.29, 0.717) is 5.92 Å². The summed E-state index contributed by atoms with van der Waals surface area (Å²) in [5.74, 6) is 1.50. The molecule has 2 aromatic rings. The molecule has 2 unspecified atom stereocenters. The van der Waals surface area contributed by atoms with Gasteiger partial charge in [0.25, 0.3) is 0 Å². The lowest BCUT2D eigenvalue weighted by Crippen LogP contribution is -2.08. The van der Waals surface area contributed by atoms with Gasteiger partial charge >= 0.3 is 0 Å². The van der Waals surface area contributed by atoms with Crippen molar-refractivity contribution in [3.05, 3.63) is 35.6 Å². The second-order valence-electron chi connectivity index (χ2n) is 5.15. The summed E-state index contributed by atoms with van der Waals surface area (Å²) in [6.07, 6.45) is 3.21. The Bertz CT molecular complexity index is 515. The highest BCUT2D eigenvalue weighted by molar-refractivity contribution is 5.79. The summed E-state index contributed by atoms with van der Waals surface area (Å²) >= 11 is 0. The molecule has 98 valence electrons. The maximum Gasteiger partial charge on any atom is 0.134 e. The maximum absolute atomic E-state index is 6.10. The molecular weight excluding hydrogens is 222 g/mol. The lowest BCUT2D eigenvalue weighted by Gasteiger charge is -2.07. The molecule has 1 aromatic carbocycles. The minimum absolute atomic E-state index is 0.0226. The molecule has 2 rings (SSSR count). The average Bonchev–Trinajstić information content (AvgIpc) is 2.80. The highest BCUT2D eigenvalue weighted by atomic mass is 16.3. The molecule has 0 bridgehead atoms. The third-order valence-corrected chi connectivity index (χ3v) is 3.71. The van der Waals surface area contributed by atoms with Crippen molar-refractivity contribution in [3.8, 4) is 0 Å². The fraction of sp³-hybridized carbons (Fsp3) is 0.500. The van der Waals surface area contributed by atoms with E-state index < -0.39 is 0 Å². The zero-order valence-electron chi connectivity index (χ0n) is 11.6. The van der Waals surface area contributed by atoms with Gasteiger partial charge < -0.3 is 10.2 Å². The summed E-state index contributed by atoms with van der Waals surface area (Å²) in [5, 5.41) is 1.18. The predicted octanol–water partition coefficient (Wildman–Crippen LogP) is 4.75. The predicted molar refractivity (Wildman–Crippen MR) is 76.8 cm³/mol. The number of rotatable bonds is 5. The molecule has 1 aromatic heterocycles. The van der Waals surface area contributed by atoms with Gasteiger partial charge in [-0.3, -0.25) is 0 Å². The average molecular weight is 245 g/mol. The summed E-state index contributed by atoms with van der Waals surface area (Å²) in [6.45, 7) is 6.61. The van der Waals surface area contributed by atoms with Crippen molar-refractivity contribution < 1.29 is 4.42 Å². The van der Waals surface area contributed by atoms with Crippen molar-refractivity contribution in [2.45, 2.75) is 52.0 Å². The first-order chi connectivity index (χ1) is 8.65. The molecule has 2 atom stereocenters. The highest BCUT2D eigenvalue weighted by Crippen LogP contribution is 2.28. The quantitative estimate of drug-likeness (QED) is 0.825. The van der Waals surface area contributed by atoms with Gasteiger partial charge in [0.15, 0.2) is 0 Å². The van der Waals surface area contributed by atoms with Crippen LogP contribution in [-0.2, 0) is 0 Å². The van der Waals surface area contributed by atoms with Crippen molar-refractivity contribution >= 4 is 11.0 Å². The monoisotopic (exact) mass is 245 g/mol. The standard InChI is InChI=1S/C16H23NO/c1-4-6-14(17)16-10-13-9-12(11(3)5-2)7-8-15(13)18-16/h7-11,14H,4-6,17H2,1-3H3. The summed E-state index contributed by atoms with van der Waals surface area (Å²) in [7, 11) is 0. The lowest BCUT2D eigenvalue weighted by molar-refractivity contribution is 0.475. The first-order valence-corrected chi connectivity index (χ1v) is 6.94. The third kappa shape index (κ3) is 2.59. The van der Waals surface area contributed by atoms with Crippen LogP contribution in [0.15, 0.2) is 28.7 Å². The van der Waals surface area contributed by atoms with Gasteiger partial charge in [-0.15, -0.1) is 0 Å². The molecule has 0 aliphatic rings. The molecule has 1 heterocycles. The normalized spacial score (nSPS) is 14.9. The van der Waals surface area contributed by atoms with Crippen molar-refractivity contribution in [2.24, 2.45) is 5.73 Å². The molecule has 2 heteroatoms. The molecule has 0 fully saturated rings. The molecule has 0 aliphatic carbocycles. The molecule has 18 heavy (non-hydrogen) atoms. The van der Waals surface area contributed by atoms with Gasteiger partial charge in [0.05, 0.1) is 6.04 Å². The zero-order chi connectivity index (χ0) is 13.1. The Kier molecular flexibility index (Phi) is 4.07. The van der Waals surface area contributed by atoms with Gasteiger partial charge in [-0.1, -0.05) is 33.3 Å². The van der Waals surface area contributed by atoms with E-state index in [-0.39, 0.29) is 6.04 Å². The first kappa shape index (κ1) is 13.2. The molecule has 0 radical (unpaired) electrons. The Morgan fingerprint density at radius 3 is 2.67 bits per heavy atom. The van der Waals surface area contributed by atoms with Crippen LogP contribution >= 0.6 is 0 Å². The number of furan rings is 1. The minimum atomic E-state index is 0.0226. The van der Waals surface area contributed by atoms with Crippen molar-refractivity contribution in [2.75, 3.05) is 0 Å². The maximum atomic E-state index is 6.10. The Morgan fingerprint density at radius 1 is 1.22 bits per heavy atom. The molecule has 0 aliphatic heterocycles. The topological polar surface area (TPSA) is 39.2 Å². The molecule has 2 nitrogen and oxygen atoms in total.